The molecule has 1 aromatic rings. The second-order valence-electron chi connectivity index (χ2n) is 6.82. The third kappa shape index (κ3) is 4.81. The van der Waals surface area contributed by atoms with Crippen LogP contribution in [0.3, 0.4) is 0 Å². The molecule has 0 amide bonds. The second kappa shape index (κ2) is 5.88. The van der Waals surface area contributed by atoms with E-state index in [1.165, 1.54) is 16.7 Å². The van der Waals surface area contributed by atoms with E-state index < -0.39 is 0 Å². The molecule has 0 bridgehead atoms. The van der Waals surface area contributed by atoms with Gasteiger partial charge in [0.25, 0.3) is 0 Å². The van der Waals surface area contributed by atoms with Gasteiger partial charge in [0.05, 0.1) is 0 Å². The van der Waals surface area contributed by atoms with Gasteiger partial charge in [0.2, 0.25) is 0 Å². The van der Waals surface area contributed by atoms with Crippen LogP contribution in [0.1, 0.15) is 57.2 Å². The Balaban J connectivity index is 2.71. The minimum atomic E-state index is 0.205. The van der Waals surface area contributed by atoms with E-state index in [9.17, 15) is 0 Å². The number of aryl methyl sites for hydroxylation is 2. The number of rotatable bonds is 4. The zero-order valence-corrected chi connectivity index (χ0v) is 13.1. The maximum Gasteiger partial charge on any atom is 0.00966 e. The Bertz CT molecular complexity index is 367. The molecule has 1 N–H and O–H groups in total. The Hall–Kier alpha value is -0.820. The fourth-order valence-electron chi connectivity index (χ4n) is 2.25. The number of hydrogen-bond acceptors (Lipinski definition) is 1. The lowest BCUT2D eigenvalue weighted by Crippen LogP contribution is -2.39. The molecule has 102 valence electrons. The Morgan fingerprint density at radius 3 is 1.94 bits per heavy atom. The molecule has 18 heavy (non-hydrogen) atoms. The molecule has 1 aromatic carbocycles. The van der Waals surface area contributed by atoms with Gasteiger partial charge < -0.3 is 5.32 Å². The van der Waals surface area contributed by atoms with E-state index >= 15 is 0 Å². The van der Waals surface area contributed by atoms with Crippen molar-refractivity contribution in [2.24, 2.45) is 5.92 Å². The van der Waals surface area contributed by atoms with Crippen molar-refractivity contribution >= 4 is 0 Å². The summed E-state index contributed by atoms with van der Waals surface area (Å²) in [6.45, 7) is 16.8. The molecule has 0 saturated heterocycles. The lowest BCUT2D eigenvalue weighted by Gasteiger charge is -2.27. The maximum atomic E-state index is 3.60. The smallest absolute Gasteiger partial charge is 0.00966 e. The van der Waals surface area contributed by atoms with Gasteiger partial charge in [0.15, 0.2) is 0 Å². The van der Waals surface area contributed by atoms with Gasteiger partial charge in [-0.25, -0.2) is 0 Å². The summed E-state index contributed by atoms with van der Waals surface area (Å²) in [5.74, 6) is 1.24. The summed E-state index contributed by atoms with van der Waals surface area (Å²) >= 11 is 0. The highest BCUT2D eigenvalue weighted by atomic mass is 14.9. The first-order valence-electron chi connectivity index (χ1n) is 7.02. The Morgan fingerprint density at radius 2 is 1.50 bits per heavy atom. The van der Waals surface area contributed by atoms with Crippen LogP contribution in [-0.2, 0) is 0 Å². The Kier molecular flexibility index (Phi) is 4.98. The first-order chi connectivity index (χ1) is 8.19. The third-order valence-corrected chi connectivity index (χ3v) is 3.58. The molecule has 0 heterocycles. The van der Waals surface area contributed by atoms with Gasteiger partial charge in [-0.2, -0.15) is 0 Å². The first-order valence-corrected chi connectivity index (χ1v) is 7.02. The number of benzene rings is 1. The SMILES string of the molecule is Cc1cc(C)cc(C(C)C(C)CNC(C)(C)C)c1. The highest BCUT2D eigenvalue weighted by Crippen LogP contribution is 2.25. The van der Waals surface area contributed by atoms with Crippen LogP contribution in [-0.4, -0.2) is 12.1 Å². The summed E-state index contributed by atoms with van der Waals surface area (Å²) in [5.41, 5.74) is 4.41. The minimum absolute atomic E-state index is 0.205. The molecule has 2 atom stereocenters. The third-order valence-electron chi connectivity index (χ3n) is 3.58. The quantitative estimate of drug-likeness (QED) is 0.830. The second-order valence-corrected chi connectivity index (χ2v) is 6.82. The largest absolute Gasteiger partial charge is 0.312 e. The van der Waals surface area contributed by atoms with Gasteiger partial charge in [-0.05, 0) is 58.6 Å². The monoisotopic (exact) mass is 247 g/mol. The van der Waals surface area contributed by atoms with Crippen molar-refractivity contribution in [3.63, 3.8) is 0 Å². The van der Waals surface area contributed by atoms with E-state index in [4.69, 9.17) is 0 Å². The van der Waals surface area contributed by atoms with Gasteiger partial charge in [0, 0.05) is 5.54 Å². The fourth-order valence-corrected chi connectivity index (χ4v) is 2.25. The molecule has 0 saturated carbocycles. The Morgan fingerprint density at radius 1 is 1.00 bits per heavy atom. The predicted octanol–water partition coefficient (Wildman–Crippen LogP) is 4.43. The highest BCUT2D eigenvalue weighted by molar-refractivity contribution is 5.31. The van der Waals surface area contributed by atoms with Crippen LogP contribution in [0, 0.1) is 19.8 Å². The van der Waals surface area contributed by atoms with Crippen LogP contribution in [0.4, 0.5) is 0 Å². The van der Waals surface area contributed by atoms with Crippen LogP contribution in [0.15, 0.2) is 18.2 Å². The summed E-state index contributed by atoms with van der Waals surface area (Å²) in [4.78, 5) is 0. The van der Waals surface area contributed by atoms with E-state index in [-0.39, 0.29) is 5.54 Å². The molecule has 1 nitrogen and oxygen atoms in total. The molecule has 0 fully saturated rings. The van der Waals surface area contributed by atoms with Gasteiger partial charge >= 0.3 is 0 Å². The molecular formula is C17H29N. The summed E-state index contributed by atoms with van der Waals surface area (Å²) in [6.07, 6.45) is 0. The van der Waals surface area contributed by atoms with E-state index in [0.29, 0.717) is 11.8 Å². The van der Waals surface area contributed by atoms with E-state index in [0.717, 1.165) is 6.54 Å². The van der Waals surface area contributed by atoms with Crippen molar-refractivity contribution in [1.29, 1.82) is 0 Å². The lowest BCUT2D eigenvalue weighted by atomic mass is 9.87. The average molecular weight is 247 g/mol. The summed E-state index contributed by atoms with van der Waals surface area (Å²) in [6, 6.07) is 6.89. The fraction of sp³-hybridized carbons (Fsp3) is 0.647. The Labute approximate surface area is 113 Å². The molecule has 0 radical (unpaired) electrons. The first kappa shape index (κ1) is 15.2. The molecule has 0 aliphatic carbocycles. The molecule has 0 aliphatic rings. The van der Waals surface area contributed by atoms with Crippen LogP contribution in [0.2, 0.25) is 0 Å². The standard InChI is InChI=1S/C17H29N/c1-12-8-13(2)10-16(9-12)15(4)14(3)11-18-17(5,6)7/h8-10,14-15,18H,11H2,1-7H3. The molecular weight excluding hydrogens is 218 g/mol. The van der Waals surface area contributed by atoms with Crippen LogP contribution < -0.4 is 5.32 Å². The van der Waals surface area contributed by atoms with Crippen LogP contribution >= 0.6 is 0 Å². The van der Waals surface area contributed by atoms with Crippen molar-refractivity contribution in [3.8, 4) is 0 Å². The lowest BCUT2D eigenvalue weighted by molar-refractivity contribution is 0.359. The zero-order valence-electron chi connectivity index (χ0n) is 13.1. The van der Waals surface area contributed by atoms with Crippen LogP contribution in [0.25, 0.3) is 0 Å². The van der Waals surface area contributed by atoms with Crippen molar-refractivity contribution in [2.75, 3.05) is 6.54 Å². The van der Waals surface area contributed by atoms with Gasteiger partial charge in [0.1, 0.15) is 0 Å². The number of nitrogens with one attached hydrogen (secondary N) is 1. The summed E-state index contributed by atoms with van der Waals surface area (Å²) in [5, 5.41) is 3.60. The van der Waals surface area contributed by atoms with Gasteiger partial charge in [-0.15, -0.1) is 0 Å². The number of hydrogen-bond donors (Lipinski definition) is 1. The van der Waals surface area contributed by atoms with Crippen molar-refractivity contribution < 1.29 is 0 Å². The molecule has 0 spiro atoms. The zero-order chi connectivity index (χ0) is 13.9. The molecule has 0 aromatic heterocycles. The van der Waals surface area contributed by atoms with Crippen molar-refractivity contribution in [1.82, 2.24) is 5.32 Å². The predicted molar refractivity (Wildman–Crippen MR) is 81.3 cm³/mol. The molecule has 2 unspecified atom stereocenters. The molecule has 0 aliphatic heterocycles. The molecule has 1 rings (SSSR count). The van der Waals surface area contributed by atoms with E-state index in [1.807, 2.05) is 0 Å². The molecule has 1 heteroatoms. The van der Waals surface area contributed by atoms with Crippen molar-refractivity contribution in [2.45, 2.75) is 59.9 Å². The van der Waals surface area contributed by atoms with Crippen LogP contribution in [0.5, 0.6) is 0 Å². The minimum Gasteiger partial charge on any atom is -0.312 e. The highest BCUT2D eigenvalue weighted by Gasteiger charge is 2.17. The van der Waals surface area contributed by atoms with Crippen molar-refractivity contribution in [3.05, 3.63) is 34.9 Å². The summed E-state index contributed by atoms with van der Waals surface area (Å²) in [7, 11) is 0. The normalized spacial score (nSPS) is 15.5. The van der Waals surface area contributed by atoms with E-state index in [1.54, 1.807) is 0 Å². The maximum absolute atomic E-state index is 3.60. The topological polar surface area (TPSA) is 12.0 Å². The van der Waals surface area contributed by atoms with E-state index in [2.05, 4.69) is 72.0 Å². The van der Waals surface area contributed by atoms with Gasteiger partial charge in [-0.1, -0.05) is 43.2 Å². The van der Waals surface area contributed by atoms with Gasteiger partial charge in [-0.3, -0.25) is 0 Å². The average Bonchev–Trinajstić information content (AvgIpc) is 2.22. The summed E-state index contributed by atoms with van der Waals surface area (Å²) < 4.78 is 0.